The van der Waals surface area contributed by atoms with E-state index in [1.165, 1.54) is 0 Å². The van der Waals surface area contributed by atoms with Gasteiger partial charge in [0.2, 0.25) is 0 Å². The molecule has 4 rings (SSSR count). The number of rotatable bonds is 4. The fourth-order valence-corrected chi connectivity index (χ4v) is 3.65. The minimum atomic E-state index is 0.0438. The van der Waals surface area contributed by atoms with Crippen LogP contribution >= 0.6 is 0 Å². The summed E-state index contributed by atoms with van der Waals surface area (Å²) in [5.41, 5.74) is 2.63. The summed E-state index contributed by atoms with van der Waals surface area (Å²) in [6.07, 6.45) is 5.43. The number of imidazole rings is 1. The number of carbonyl (C=O) groups excluding carboxylic acids is 1. The molecule has 1 amide bonds. The molecule has 1 saturated heterocycles. The Bertz CT molecular complexity index is 905. The van der Waals surface area contributed by atoms with Crippen LogP contribution in [0.1, 0.15) is 34.8 Å². The van der Waals surface area contributed by atoms with Gasteiger partial charge in [-0.15, -0.1) is 0 Å². The summed E-state index contributed by atoms with van der Waals surface area (Å²) >= 11 is 0. The number of amides is 1. The van der Waals surface area contributed by atoms with Crippen LogP contribution in [-0.4, -0.2) is 34.4 Å². The van der Waals surface area contributed by atoms with Crippen molar-refractivity contribution in [2.45, 2.75) is 18.9 Å². The fraction of sp³-hybridized carbons (Fsp3) is 0.238. The third-order valence-electron chi connectivity index (χ3n) is 4.90. The molecule has 1 aromatic heterocycles. The Morgan fingerprint density at radius 1 is 1.23 bits per heavy atom. The number of nitrogens with zero attached hydrogens (tertiary/aromatic N) is 2. The highest BCUT2D eigenvalue weighted by Crippen LogP contribution is 2.35. The molecule has 5 heteroatoms. The smallest absolute Gasteiger partial charge is 0.255 e. The molecule has 5 nitrogen and oxygen atoms in total. The predicted molar refractivity (Wildman–Crippen MR) is 100 cm³/mol. The molecule has 2 heterocycles. The van der Waals surface area contributed by atoms with Crippen LogP contribution < -0.4 is 4.74 Å². The molecule has 26 heavy (non-hydrogen) atoms. The Kier molecular flexibility index (Phi) is 4.44. The van der Waals surface area contributed by atoms with Crippen LogP contribution in [0, 0.1) is 0 Å². The molecule has 0 spiro atoms. The zero-order valence-electron chi connectivity index (χ0n) is 14.7. The number of carbonyl (C=O) groups is 1. The standard InChI is InChI=1S/C21H21N3O2/c1-26-16-7-4-6-15(14-16)19-10-5-13-24(19)21(25)18-9-3-2-8-17(18)20-22-11-12-23-20/h2-4,6-9,11-12,14,19H,5,10,13H2,1H3,(H,22,23). The van der Waals surface area contributed by atoms with Gasteiger partial charge in [0, 0.05) is 24.5 Å². The first-order chi connectivity index (χ1) is 12.8. The van der Waals surface area contributed by atoms with Crippen LogP contribution in [0.5, 0.6) is 5.75 Å². The third kappa shape index (κ3) is 2.96. The van der Waals surface area contributed by atoms with Gasteiger partial charge in [-0.25, -0.2) is 4.98 Å². The van der Waals surface area contributed by atoms with Crippen molar-refractivity contribution >= 4 is 5.91 Å². The second kappa shape index (κ2) is 7.04. The van der Waals surface area contributed by atoms with E-state index in [4.69, 9.17) is 4.74 Å². The van der Waals surface area contributed by atoms with E-state index in [9.17, 15) is 4.79 Å². The topological polar surface area (TPSA) is 58.2 Å². The molecule has 1 unspecified atom stereocenters. The predicted octanol–water partition coefficient (Wildman–Crippen LogP) is 4.06. The summed E-state index contributed by atoms with van der Waals surface area (Å²) in [7, 11) is 1.66. The van der Waals surface area contributed by atoms with Gasteiger partial charge in [0.25, 0.3) is 5.91 Å². The zero-order valence-corrected chi connectivity index (χ0v) is 14.7. The summed E-state index contributed by atoms with van der Waals surface area (Å²) < 4.78 is 5.35. The number of hydrogen-bond acceptors (Lipinski definition) is 3. The molecule has 0 bridgehead atoms. The van der Waals surface area contributed by atoms with Crippen LogP contribution in [0.3, 0.4) is 0 Å². The highest BCUT2D eigenvalue weighted by atomic mass is 16.5. The van der Waals surface area contributed by atoms with E-state index in [1.807, 2.05) is 47.4 Å². The Morgan fingerprint density at radius 3 is 2.92 bits per heavy atom. The van der Waals surface area contributed by atoms with Crippen LogP contribution in [0.25, 0.3) is 11.4 Å². The number of likely N-dealkylation sites (tertiary alicyclic amines) is 1. The first-order valence-corrected chi connectivity index (χ1v) is 8.81. The van der Waals surface area contributed by atoms with Crippen LogP contribution in [0.4, 0.5) is 0 Å². The van der Waals surface area contributed by atoms with Gasteiger partial charge in [-0.3, -0.25) is 4.79 Å². The third-order valence-corrected chi connectivity index (χ3v) is 4.90. The number of H-pyrrole nitrogens is 1. The van der Waals surface area contributed by atoms with E-state index in [0.717, 1.165) is 36.3 Å². The number of nitrogens with one attached hydrogen (secondary N) is 1. The molecule has 1 atom stereocenters. The van der Waals surface area contributed by atoms with Gasteiger partial charge in [-0.2, -0.15) is 0 Å². The Hall–Kier alpha value is -3.08. The molecule has 132 valence electrons. The molecule has 3 aromatic rings. The number of benzene rings is 2. The molecule has 0 saturated carbocycles. The second-order valence-corrected chi connectivity index (χ2v) is 6.42. The zero-order chi connectivity index (χ0) is 17.9. The van der Waals surface area contributed by atoms with Crippen LogP contribution in [0.15, 0.2) is 60.9 Å². The quantitative estimate of drug-likeness (QED) is 0.774. The lowest BCUT2D eigenvalue weighted by Gasteiger charge is -2.26. The molecule has 1 N–H and O–H groups in total. The highest BCUT2D eigenvalue weighted by Gasteiger charge is 2.32. The first-order valence-electron chi connectivity index (χ1n) is 8.81. The van der Waals surface area contributed by atoms with Gasteiger partial charge in [0.1, 0.15) is 11.6 Å². The van der Waals surface area contributed by atoms with Crippen molar-refractivity contribution in [3.05, 3.63) is 72.1 Å². The van der Waals surface area contributed by atoms with E-state index >= 15 is 0 Å². The molecular formula is C21H21N3O2. The van der Waals surface area contributed by atoms with Gasteiger partial charge in [0.15, 0.2) is 0 Å². The molecule has 0 radical (unpaired) electrons. The average Bonchev–Trinajstić information content (AvgIpc) is 3.39. The summed E-state index contributed by atoms with van der Waals surface area (Å²) in [6, 6.07) is 15.7. The number of hydrogen-bond donors (Lipinski definition) is 1. The molecule has 1 aliphatic rings. The SMILES string of the molecule is COc1cccc(C2CCCN2C(=O)c2ccccc2-c2ncc[nH]2)c1. The Morgan fingerprint density at radius 2 is 2.12 bits per heavy atom. The Labute approximate surface area is 152 Å². The lowest BCUT2D eigenvalue weighted by atomic mass is 10.0. The maximum Gasteiger partial charge on any atom is 0.255 e. The van der Waals surface area contributed by atoms with E-state index in [1.54, 1.807) is 19.5 Å². The maximum atomic E-state index is 13.4. The largest absolute Gasteiger partial charge is 0.497 e. The van der Waals surface area contributed by atoms with Crippen molar-refractivity contribution in [3.63, 3.8) is 0 Å². The van der Waals surface area contributed by atoms with Crippen molar-refractivity contribution in [1.29, 1.82) is 0 Å². The monoisotopic (exact) mass is 347 g/mol. The van der Waals surface area contributed by atoms with Gasteiger partial charge in [0.05, 0.1) is 18.7 Å². The number of ether oxygens (including phenoxy) is 1. The van der Waals surface area contributed by atoms with Crippen molar-refractivity contribution in [1.82, 2.24) is 14.9 Å². The van der Waals surface area contributed by atoms with Crippen LogP contribution in [-0.2, 0) is 0 Å². The summed E-state index contributed by atoms with van der Waals surface area (Å²) in [5, 5.41) is 0. The molecule has 2 aromatic carbocycles. The molecule has 1 fully saturated rings. The van der Waals surface area contributed by atoms with Crippen molar-refractivity contribution in [2.24, 2.45) is 0 Å². The summed E-state index contributed by atoms with van der Waals surface area (Å²) in [6.45, 7) is 0.757. The minimum Gasteiger partial charge on any atom is -0.497 e. The number of aromatic amines is 1. The summed E-state index contributed by atoms with van der Waals surface area (Å²) in [5.74, 6) is 1.58. The number of aromatic nitrogens is 2. The fourth-order valence-electron chi connectivity index (χ4n) is 3.65. The van der Waals surface area contributed by atoms with Gasteiger partial charge < -0.3 is 14.6 Å². The molecule has 0 aliphatic carbocycles. The van der Waals surface area contributed by atoms with E-state index in [2.05, 4.69) is 16.0 Å². The van der Waals surface area contributed by atoms with E-state index in [-0.39, 0.29) is 11.9 Å². The van der Waals surface area contributed by atoms with Gasteiger partial charge >= 0.3 is 0 Å². The lowest BCUT2D eigenvalue weighted by Crippen LogP contribution is -2.31. The van der Waals surface area contributed by atoms with Gasteiger partial charge in [-0.05, 0) is 36.6 Å². The lowest BCUT2D eigenvalue weighted by molar-refractivity contribution is 0.0736. The second-order valence-electron chi connectivity index (χ2n) is 6.42. The van der Waals surface area contributed by atoms with Crippen LogP contribution in [0.2, 0.25) is 0 Å². The van der Waals surface area contributed by atoms with Crippen molar-refractivity contribution in [2.75, 3.05) is 13.7 Å². The Balaban J connectivity index is 1.68. The summed E-state index contributed by atoms with van der Waals surface area (Å²) in [4.78, 5) is 22.7. The number of methoxy groups -OCH3 is 1. The highest BCUT2D eigenvalue weighted by molar-refractivity contribution is 6.00. The normalized spacial score (nSPS) is 16.7. The van der Waals surface area contributed by atoms with Crippen molar-refractivity contribution < 1.29 is 9.53 Å². The van der Waals surface area contributed by atoms with Gasteiger partial charge in [-0.1, -0.05) is 30.3 Å². The molecular weight excluding hydrogens is 326 g/mol. The van der Waals surface area contributed by atoms with Crippen molar-refractivity contribution in [3.8, 4) is 17.1 Å². The van der Waals surface area contributed by atoms with E-state index in [0.29, 0.717) is 11.4 Å². The van der Waals surface area contributed by atoms with E-state index < -0.39 is 0 Å². The minimum absolute atomic E-state index is 0.0438. The maximum absolute atomic E-state index is 13.4. The first kappa shape index (κ1) is 16.4. The molecule has 1 aliphatic heterocycles. The average molecular weight is 347 g/mol.